The molecule has 66 valence electrons. The molecule has 0 N–H and O–H groups in total. The first kappa shape index (κ1) is 10.4. The number of hydrogen-bond donors (Lipinski definition) is 0. The molecule has 0 heterocycles. The van der Waals surface area contributed by atoms with Crippen molar-refractivity contribution in [3.05, 3.63) is 0 Å². The summed E-state index contributed by atoms with van der Waals surface area (Å²) in [5.41, 5.74) is 0. The van der Waals surface area contributed by atoms with Gasteiger partial charge < -0.3 is 9.47 Å². The fourth-order valence-electron chi connectivity index (χ4n) is 0.564. The first-order chi connectivity index (χ1) is 5.11. The Bertz CT molecular complexity index is 117. The molecule has 0 bridgehead atoms. The molecular weight excluding hydrogens is 144 g/mol. The maximum atomic E-state index is 11.0. The lowest BCUT2D eigenvalue weighted by atomic mass is 10.2. The zero-order valence-electron chi connectivity index (χ0n) is 7.59. The number of rotatable bonds is 4. The fraction of sp³-hybridized carbons (Fsp3) is 0.875. The van der Waals surface area contributed by atoms with E-state index >= 15 is 0 Å². The van der Waals surface area contributed by atoms with Gasteiger partial charge in [0.2, 0.25) is 6.29 Å². The van der Waals surface area contributed by atoms with Crippen LogP contribution >= 0.6 is 0 Å². The van der Waals surface area contributed by atoms with Gasteiger partial charge in [-0.05, 0) is 0 Å². The normalized spacial score (nSPS) is 13.2. The first-order valence-corrected chi connectivity index (χ1v) is 3.85. The smallest absolute Gasteiger partial charge is 0.310 e. The molecule has 1 atom stereocenters. The lowest BCUT2D eigenvalue weighted by molar-refractivity contribution is -0.177. The summed E-state index contributed by atoms with van der Waals surface area (Å²) in [6, 6.07) is 0. The molecule has 3 heteroatoms. The highest BCUT2D eigenvalue weighted by molar-refractivity contribution is 5.71. The van der Waals surface area contributed by atoms with Crippen LogP contribution in [0.15, 0.2) is 0 Å². The second-order valence-electron chi connectivity index (χ2n) is 2.67. The third kappa shape index (κ3) is 3.98. The predicted octanol–water partition coefficient (Wildman–Crippen LogP) is 1.57. The highest BCUT2D eigenvalue weighted by atomic mass is 16.7. The lowest BCUT2D eigenvalue weighted by Gasteiger charge is -2.15. The Kier molecular flexibility index (Phi) is 4.86. The summed E-state index contributed by atoms with van der Waals surface area (Å²) in [6.07, 6.45) is 0.305. The molecule has 0 fully saturated rings. The SMILES string of the molecule is CCC(OC)OC(=O)C(C)C. The molecule has 11 heavy (non-hydrogen) atoms. The number of ether oxygens (including phenoxy) is 2. The fourth-order valence-corrected chi connectivity index (χ4v) is 0.564. The van der Waals surface area contributed by atoms with Crippen molar-refractivity contribution in [3.63, 3.8) is 0 Å². The summed E-state index contributed by atoms with van der Waals surface area (Å²) in [7, 11) is 1.53. The van der Waals surface area contributed by atoms with Gasteiger partial charge in [-0.1, -0.05) is 20.8 Å². The minimum absolute atomic E-state index is 0.0841. The van der Waals surface area contributed by atoms with Gasteiger partial charge in [0.1, 0.15) is 0 Å². The van der Waals surface area contributed by atoms with Crippen molar-refractivity contribution in [2.45, 2.75) is 33.5 Å². The summed E-state index contributed by atoms with van der Waals surface area (Å²) in [4.78, 5) is 11.0. The molecule has 0 aromatic rings. The van der Waals surface area contributed by atoms with E-state index in [0.717, 1.165) is 0 Å². The van der Waals surface area contributed by atoms with Crippen LogP contribution < -0.4 is 0 Å². The van der Waals surface area contributed by atoms with Crippen LogP contribution in [-0.2, 0) is 14.3 Å². The molecule has 0 aromatic carbocycles. The second kappa shape index (κ2) is 5.13. The minimum atomic E-state index is -0.384. The van der Waals surface area contributed by atoms with E-state index in [0.29, 0.717) is 6.42 Å². The Morgan fingerprint density at radius 1 is 1.45 bits per heavy atom. The number of carbonyl (C=O) groups is 1. The largest absolute Gasteiger partial charge is 0.436 e. The Hall–Kier alpha value is -0.570. The molecule has 0 amide bonds. The molecule has 0 aliphatic rings. The van der Waals surface area contributed by atoms with Crippen LogP contribution in [0.1, 0.15) is 27.2 Å². The lowest BCUT2D eigenvalue weighted by Crippen LogP contribution is -2.22. The van der Waals surface area contributed by atoms with Crippen molar-refractivity contribution in [2.75, 3.05) is 7.11 Å². The second-order valence-corrected chi connectivity index (χ2v) is 2.67. The molecule has 0 aromatic heterocycles. The average Bonchev–Trinajstić information content (AvgIpc) is 1.99. The first-order valence-electron chi connectivity index (χ1n) is 3.85. The minimum Gasteiger partial charge on any atom is -0.436 e. The standard InChI is InChI=1S/C8H16O3/c1-5-7(10-4)11-8(9)6(2)3/h6-7H,5H2,1-4H3. The van der Waals surface area contributed by atoms with E-state index in [1.165, 1.54) is 7.11 Å². The van der Waals surface area contributed by atoms with Gasteiger partial charge in [-0.25, -0.2) is 0 Å². The van der Waals surface area contributed by atoms with E-state index in [-0.39, 0.29) is 18.2 Å². The van der Waals surface area contributed by atoms with Crippen LogP contribution in [0.25, 0.3) is 0 Å². The van der Waals surface area contributed by atoms with E-state index in [9.17, 15) is 4.79 Å². The van der Waals surface area contributed by atoms with Gasteiger partial charge >= 0.3 is 5.97 Å². The number of hydrogen-bond acceptors (Lipinski definition) is 3. The molecule has 0 spiro atoms. The van der Waals surface area contributed by atoms with Gasteiger partial charge in [0, 0.05) is 13.5 Å². The Balaban J connectivity index is 3.72. The monoisotopic (exact) mass is 160 g/mol. The van der Waals surface area contributed by atoms with Gasteiger partial charge in [0.15, 0.2) is 0 Å². The molecule has 0 saturated carbocycles. The third-order valence-corrected chi connectivity index (χ3v) is 1.32. The molecule has 0 radical (unpaired) electrons. The highest BCUT2D eigenvalue weighted by Crippen LogP contribution is 2.03. The predicted molar refractivity (Wildman–Crippen MR) is 42.0 cm³/mol. The summed E-state index contributed by atoms with van der Waals surface area (Å²) >= 11 is 0. The number of esters is 1. The quantitative estimate of drug-likeness (QED) is 0.462. The van der Waals surface area contributed by atoms with Crippen LogP contribution in [0.4, 0.5) is 0 Å². The molecule has 0 aliphatic carbocycles. The number of methoxy groups -OCH3 is 1. The molecule has 0 saturated heterocycles. The molecule has 0 rings (SSSR count). The van der Waals surface area contributed by atoms with Crippen molar-refractivity contribution < 1.29 is 14.3 Å². The zero-order chi connectivity index (χ0) is 8.85. The van der Waals surface area contributed by atoms with E-state index in [1.807, 2.05) is 6.92 Å². The summed E-state index contributed by atoms with van der Waals surface area (Å²) in [5.74, 6) is -0.294. The van der Waals surface area contributed by atoms with E-state index in [2.05, 4.69) is 0 Å². The maximum Gasteiger partial charge on any atom is 0.310 e. The van der Waals surface area contributed by atoms with Crippen molar-refractivity contribution in [1.29, 1.82) is 0 Å². The van der Waals surface area contributed by atoms with Crippen LogP contribution in [0.2, 0.25) is 0 Å². The number of carbonyl (C=O) groups excluding carboxylic acids is 1. The van der Waals surface area contributed by atoms with E-state index in [4.69, 9.17) is 9.47 Å². The van der Waals surface area contributed by atoms with Crippen LogP contribution in [0.3, 0.4) is 0 Å². The zero-order valence-corrected chi connectivity index (χ0v) is 7.59. The Morgan fingerprint density at radius 2 is 2.00 bits per heavy atom. The van der Waals surface area contributed by atoms with Crippen LogP contribution in [0.5, 0.6) is 0 Å². The van der Waals surface area contributed by atoms with Crippen molar-refractivity contribution >= 4 is 5.97 Å². The van der Waals surface area contributed by atoms with E-state index < -0.39 is 0 Å². The van der Waals surface area contributed by atoms with Gasteiger partial charge in [0.05, 0.1) is 5.92 Å². The summed E-state index contributed by atoms with van der Waals surface area (Å²) in [5, 5.41) is 0. The highest BCUT2D eigenvalue weighted by Gasteiger charge is 2.13. The van der Waals surface area contributed by atoms with Gasteiger partial charge in [-0.15, -0.1) is 0 Å². The Morgan fingerprint density at radius 3 is 2.27 bits per heavy atom. The molecule has 3 nitrogen and oxygen atoms in total. The van der Waals surface area contributed by atoms with Crippen LogP contribution in [0, 0.1) is 5.92 Å². The summed E-state index contributed by atoms with van der Waals surface area (Å²) < 4.78 is 9.83. The average molecular weight is 160 g/mol. The van der Waals surface area contributed by atoms with Crippen molar-refractivity contribution in [1.82, 2.24) is 0 Å². The topological polar surface area (TPSA) is 35.5 Å². The van der Waals surface area contributed by atoms with Crippen LogP contribution in [-0.4, -0.2) is 19.4 Å². The van der Waals surface area contributed by atoms with Crippen molar-refractivity contribution in [2.24, 2.45) is 5.92 Å². The summed E-state index contributed by atoms with van der Waals surface area (Å²) in [6.45, 7) is 5.50. The molecular formula is C8H16O3. The van der Waals surface area contributed by atoms with Gasteiger partial charge in [0.25, 0.3) is 0 Å². The van der Waals surface area contributed by atoms with Gasteiger partial charge in [-0.2, -0.15) is 0 Å². The third-order valence-electron chi connectivity index (χ3n) is 1.32. The van der Waals surface area contributed by atoms with Gasteiger partial charge in [-0.3, -0.25) is 4.79 Å². The molecule has 0 aliphatic heterocycles. The van der Waals surface area contributed by atoms with E-state index in [1.54, 1.807) is 13.8 Å². The Labute approximate surface area is 67.7 Å². The van der Waals surface area contributed by atoms with Crippen molar-refractivity contribution in [3.8, 4) is 0 Å². The maximum absolute atomic E-state index is 11.0. The molecule has 1 unspecified atom stereocenters.